The first-order chi connectivity index (χ1) is 15.6. The number of fused-ring (bicyclic) bond motifs is 2. The molecule has 0 spiro atoms. The van der Waals surface area contributed by atoms with Crippen molar-refractivity contribution >= 4 is 45.1 Å². The molecule has 0 saturated heterocycles. The molecule has 5 rings (SSSR count). The van der Waals surface area contributed by atoms with E-state index in [4.69, 9.17) is 8.83 Å². The zero-order chi connectivity index (χ0) is 22.1. The first-order valence-electron chi connectivity index (χ1n) is 9.82. The lowest BCUT2D eigenvalue weighted by Crippen LogP contribution is -2.22. The van der Waals surface area contributed by atoms with Gasteiger partial charge in [-0.15, -0.1) is 0 Å². The smallest absolute Gasteiger partial charge is 0.349 e. The molecule has 0 unspecified atom stereocenters. The molecule has 0 saturated carbocycles. The van der Waals surface area contributed by atoms with Crippen LogP contribution in [0.2, 0.25) is 0 Å². The molecule has 2 N–H and O–H groups in total. The van der Waals surface area contributed by atoms with Crippen LogP contribution in [-0.2, 0) is 0 Å². The van der Waals surface area contributed by atoms with Crippen molar-refractivity contribution in [1.29, 1.82) is 0 Å². The van der Waals surface area contributed by atoms with E-state index in [9.17, 15) is 14.4 Å². The van der Waals surface area contributed by atoms with Crippen LogP contribution >= 0.6 is 0 Å². The van der Waals surface area contributed by atoms with Gasteiger partial charge in [-0.25, -0.2) is 4.79 Å². The van der Waals surface area contributed by atoms with Gasteiger partial charge in [0.2, 0.25) is 5.76 Å². The number of benzene rings is 3. The molecular weight excluding hydrogens is 408 g/mol. The van der Waals surface area contributed by atoms with E-state index in [2.05, 4.69) is 10.6 Å². The number of rotatable bonds is 4. The van der Waals surface area contributed by atoms with E-state index in [0.717, 1.165) is 0 Å². The van der Waals surface area contributed by atoms with Crippen LogP contribution < -0.4 is 16.3 Å². The van der Waals surface area contributed by atoms with Crippen LogP contribution in [0.15, 0.2) is 98.6 Å². The third kappa shape index (κ3) is 3.52. The first kappa shape index (κ1) is 19.3. The van der Waals surface area contributed by atoms with E-state index in [0.29, 0.717) is 27.6 Å². The summed E-state index contributed by atoms with van der Waals surface area (Å²) in [7, 11) is 0. The molecule has 0 bridgehead atoms. The number of amides is 2. The second kappa shape index (κ2) is 7.88. The molecule has 0 aliphatic heterocycles. The van der Waals surface area contributed by atoms with Gasteiger partial charge in [0.15, 0.2) is 0 Å². The van der Waals surface area contributed by atoms with Crippen molar-refractivity contribution < 1.29 is 18.4 Å². The summed E-state index contributed by atoms with van der Waals surface area (Å²) in [4.78, 5) is 38.3. The Morgan fingerprint density at radius 1 is 0.688 bits per heavy atom. The molecule has 0 radical (unpaired) electrons. The van der Waals surface area contributed by atoms with E-state index in [-0.39, 0.29) is 17.0 Å². The highest BCUT2D eigenvalue weighted by Crippen LogP contribution is 2.32. The summed E-state index contributed by atoms with van der Waals surface area (Å²) in [5.41, 5.74) is 0.599. The summed E-state index contributed by atoms with van der Waals surface area (Å²) in [5, 5.41) is 6.55. The van der Waals surface area contributed by atoms with Crippen molar-refractivity contribution in [2.75, 3.05) is 10.6 Å². The van der Waals surface area contributed by atoms with Crippen LogP contribution in [0.4, 0.5) is 11.4 Å². The summed E-state index contributed by atoms with van der Waals surface area (Å²) in [5.74, 6) is -1.31. The third-order valence-electron chi connectivity index (χ3n) is 4.96. The first-order valence-corrected chi connectivity index (χ1v) is 9.82. The van der Waals surface area contributed by atoms with Crippen LogP contribution in [-0.4, -0.2) is 11.8 Å². The van der Waals surface area contributed by atoms with Gasteiger partial charge < -0.3 is 19.5 Å². The van der Waals surface area contributed by atoms with Crippen molar-refractivity contribution in [2.45, 2.75) is 0 Å². The van der Waals surface area contributed by atoms with Crippen molar-refractivity contribution in [3.05, 3.63) is 107 Å². The van der Waals surface area contributed by atoms with Gasteiger partial charge >= 0.3 is 5.63 Å². The van der Waals surface area contributed by atoms with Crippen molar-refractivity contribution in [2.24, 2.45) is 0 Å². The second-order valence-electron chi connectivity index (χ2n) is 7.06. The minimum Gasteiger partial charge on any atom is -0.449 e. The van der Waals surface area contributed by atoms with Gasteiger partial charge in [-0.05, 0) is 36.4 Å². The maximum atomic E-state index is 13.0. The second-order valence-corrected chi connectivity index (χ2v) is 7.06. The molecule has 0 fully saturated rings. The highest BCUT2D eigenvalue weighted by Gasteiger charge is 2.24. The van der Waals surface area contributed by atoms with Crippen LogP contribution in [0.1, 0.15) is 20.9 Å². The van der Waals surface area contributed by atoms with Crippen LogP contribution in [0, 0.1) is 0 Å². The van der Waals surface area contributed by atoms with E-state index in [1.165, 1.54) is 6.07 Å². The number of anilines is 2. The van der Waals surface area contributed by atoms with Crippen LogP contribution in [0.5, 0.6) is 0 Å². The molecule has 2 aromatic heterocycles. The Balaban J connectivity index is 1.54. The minimum atomic E-state index is -0.774. The summed E-state index contributed by atoms with van der Waals surface area (Å²) < 4.78 is 11.0. The monoisotopic (exact) mass is 424 g/mol. The number of furan rings is 1. The summed E-state index contributed by atoms with van der Waals surface area (Å²) in [6.45, 7) is 0. The molecule has 0 atom stereocenters. The van der Waals surface area contributed by atoms with Crippen LogP contribution in [0.25, 0.3) is 21.9 Å². The predicted molar refractivity (Wildman–Crippen MR) is 121 cm³/mol. The number of carbonyl (C=O) groups excluding carboxylic acids is 2. The SMILES string of the molecule is O=C(Nc1ccccc1)c1oc2ccccc2c1NC(=O)c1cc2ccccc2oc1=O. The molecular formula is C25H16N2O5. The van der Waals surface area contributed by atoms with Gasteiger partial charge in [-0.1, -0.05) is 48.5 Å². The van der Waals surface area contributed by atoms with Crippen molar-refractivity contribution in [3.63, 3.8) is 0 Å². The highest BCUT2D eigenvalue weighted by molar-refractivity contribution is 6.17. The number of carbonyl (C=O) groups is 2. The van der Waals surface area contributed by atoms with Crippen molar-refractivity contribution in [3.8, 4) is 0 Å². The third-order valence-corrected chi connectivity index (χ3v) is 4.96. The molecule has 2 heterocycles. The molecule has 3 aromatic carbocycles. The Kier molecular flexibility index (Phi) is 4.76. The van der Waals surface area contributed by atoms with Gasteiger partial charge in [0.25, 0.3) is 11.8 Å². The van der Waals surface area contributed by atoms with E-state index in [1.807, 2.05) is 6.07 Å². The molecule has 7 heteroatoms. The lowest BCUT2D eigenvalue weighted by Gasteiger charge is -2.07. The average molecular weight is 424 g/mol. The Bertz CT molecular complexity index is 1530. The maximum absolute atomic E-state index is 13.0. The Labute approximate surface area is 181 Å². The van der Waals surface area contributed by atoms with Gasteiger partial charge in [-0.3, -0.25) is 9.59 Å². The molecule has 32 heavy (non-hydrogen) atoms. The number of nitrogens with one attached hydrogen (secondary N) is 2. The summed E-state index contributed by atoms with van der Waals surface area (Å²) >= 11 is 0. The standard InChI is InChI=1S/C25H16N2O5/c28-23(18-14-15-8-4-6-12-19(15)32-25(18)30)27-21-17-11-5-7-13-20(17)31-22(21)24(29)26-16-9-2-1-3-10-16/h1-14H,(H,26,29)(H,27,28). The van der Waals surface area contributed by atoms with E-state index < -0.39 is 17.4 Å². The summed E-state index contributed by atoms with van der Waals surface area (Å²) in [6.07, 6.45) is 0. The highest BCUT2D eigenvalue weighted by atomic mass is 16.4. The lowest BCUT2D eigenvalue weighted by molar-refractivity contribution is 0.0999. The molecule has 0 aliphatic rings. The zero-order valence-corrected chi connectivity index (χ0v) is 16.6. The fourth-order valence-corrected chi connectivity index (χ4v) is 3.44. The zero-order valence-electron chi connectivity index (χ0n) is 16.6. The molecule has 156 valence electrons. The average Bonchev–Trinajstić information content (AvgIpc) is 3.18. The maximum Gasteiger partial charge on any atom is 0.349 e. The fourth-order valence-electron chi connectivity index (χ4n) is 3.44. The predicted octanol–water partition coefficient (Wildman–Crippen LogP) is 5.04. The Hall–Kier alpha value is -4.65. The number of para-hydroxylation sites is 3. The summed E-state index contributed by atoms with van der Waals surface area (Å²) in [6, 6.07) is 24.2. The van der Waals surface area contributed by atoms with Gasteiger partial charge in [0.05, 0.1) is 0 Å². The Morgan fingerprint density at radius 3 is 2.19 bits per heavy atom. The fraction of sp³-hybridized carbons (Fsp3) is 0. The van der Waals surface area contributed by atoms with Gasteiger partial charge in [-0.2, -0.15) is 0 Å². The molecule has 2 amide bonds. The largest absolute Gasteiger partial charge is 0.449 e. The Morgan fingerprint density at radius 2 is 1.38 bits per heavy atom. The molecule has 7 nitrogen and oxygen atoms in total. The van der Waals surface area contributed by atoms with Crippen molar-refractivity contribution in [1.82, 2.24) is 0 Å². The van der Waals surface area contributed by atoms with E-state index >= 15 is 0 Å². The van der Waals surface area contributed by atoms with Crippen LogP contribution in [0.3, 0.4) is 0 Å². The molecule has 0 aliphatic carbocycles. The van der Waals surface area contributed by atoms with Gasteiger partial charge in [0.1, 0.15) is 22.4 Å². The molecule has 5 aromatic rings. The number of hydrogen-bond acceptors (Lipinski definition) is 5. The topological polar surface area (TPSA) is 102 Å². The normalized spacial score (nSPS) is 10.9. The quantitative estimate of drug-likeness (QED) is 0.394. The number of hydrogen-bond donors (Lipinski definition) is 2. The van der Waals surface area contributed by atoms with Gasteiger partial charge in [0, 0.05) is 16.5 Å². The lowest BCUT2D eigenvalue weighted by atomic mass is 10.1. The van der Waals surface area contributed by atoms with E-state index in [1.54, 1.807) is 72.8 Å². The minimum absolute atomic E-state index is 0.0754.